The maximum atomic E-state index is 4.08. The Labute approximate surface area is 293 Å². The zero-order chi connectivity index (χ0) is 32.2. The van der Waals surface area contributed by atoms with Crippen LogP contribution in [0.15, 0.2) is 12.7 Å². The number of hydrogen-bond donors (Lipinski definition) is 0. The summed E-state index contributed by atoms with van der Waals surface area (Å²) in [5, 5.41) is 0. The van der Waals surface area contributed by atoms with Crippen LogP contribution in [-0.4, -0.2) is 23.5 Å². The molecule has 0 aliphatic heterocycles. The molecular weight excluding hydrogens is 566 g/mol. The zero-order valence-electron chi connectivity index (χ0n) is 32.0. The number of rotatable bonds is 38. The van der Waals surface area contributed by atoms with Gasteiger partial charge in [-0.05, 0) is 26.7 Å². The summed E-state index contributed by atoms with van der Waals surface area (Å²) in [5.41, 5.74) is 0. The number of nitrogens with zero attached hydrogens (tertiary/aromatic N) is 1. The number of hydrogen-bond acceptors (Lipinski definition) is 1. The SMILES string of the molecule is C=CCN(C(C)CCCCCCCCCCCCCCCCCC)C(C)CCCCCCCCCCCCCCCCCC.Cl. The Balaban J connectivity index is 0. The second-order valence-electron chi connectivity index (χ2n) is 14.9. The van der Waals surface area contributed by atoms with Crippen molar-refractivity contribution in [3.8, 4) is 0 Å². The van der Waals surface area contributed by atoms with Crippen molar-refractivity contribution in [1.29, 1.82) is 0 Å². The minimum Gasteiger partial charge on any atom is -0.294 e. The largest absolute Gasteiger partial charge is 0.294 e. The standard InChI is InChI=1S/C43H87N.ClH/c1-6-9-11-13-15-17-19-21-23-25-27-29-31-33-35-37-39-42(4)44(41-8-3)43(5)40-38-36-34-32-30-28-26-24-22-20-18-16-14-12-10-7-2;/h8,42-43H,3,6-7,9-41H2,1-2,4-5H3;1H. The highest BCUT2D eigenvalue weighted by molar-refractivity contribution is 5.85. The molecule has 0 saturated carbocycles. The van der Waals surface area contributed by atoms with Gasteiger partial charge in [-0.1, -0.05) is 225 Å². The van der Waals surface area contributed by atoms with E-state index in [0.29, 0.717) is 12.1 Å². The molecule has 0 heterocycles. The fourth-order valence-electron chi connectivity index (χ4n) is 7.25. The van der Waals surface area contributed by atoms with Crippen molar-refractivity contribution in [2.24, 2.45) is 0 Å². The lowest BCUT2D eigenvalue weighted by Gasteiger charge is -2.34. The highest BCUT2D eigenvalue weighted by atomic mass is 35.5. The first-order valence-corrected chi connectivity index (χ1v) is 21.0. The van der Waals surface area contributed by atoms with E-state index in [9.17, 15) is 0 Å². The Bertz CT molecular complexity index is 492. The molecule has 0 spiro atoms. The topological polar surface area (TPSA) is 3.24 Å². The Morgan fingerprint density at radius 3 is 0.778 bits per heavy atom. The maximum absolute atomic E-state index is 4.08. The quantitative estimate of drug-likeness (QED) is 0.0473. The molecule has 2 heteroatoms. The molecule has 0 rings (SSSR count). The summed E-state index contributed by atoms with van der Waals surface area (Å²) in [4.78, 5) is 2.74. The maximum Gasteiger partial charge on any atom is 0.0166 e. The van der Waals surface area contributed by atoms with Gasteiger partial charge in [-0.2, -0.15) is 0 Å². The zero-order valence-corrected chi connectivity index (χ0v) is 32.9. The molecule has 0 fully saturated rings. The second-order valence-corrected chi connectivity index (χ2v) is 14.9. The Morgan fingerprint density at radius 1 is 0.378 bits per heavy atom. The van der Waals surface area contributed by atoms with Crippen LogP contribution in [0.1, 0.15) is 246 Å². The van der Waals surface area contributed by atoms with Crippen molar-refractivity contribution in [2.45, 2.75) is 258 Å². The van der Waals surface area contributed by atoms with E-state index in [-0.39, 0.29) is 12.4 Å². The predicted molar refractivity (Wildman–Crippen MR) is 211 cm³/mol. The van der Waals surface area contributed by atoms with Gasteiger partial charge < -0.3 is 0 Å². The van der Waals surface area contributed by atoms with E-state index in [0.717, 1.165) is 6.54 Å². The van der Waals surface area contributed by atoms with Crippen LogP contribution in [-0.2, 0) is 0 Å². The molecule has 0 radical (unpaired) electrons. The minimum absolute atomic E-state index is 0. The molecule has 0 bridgehead atoms. The highest BCUT2D eigenvalue weighted by Gasteiger charge is 2.18. The van der Waals surface area contributed by atoms with E-state index in [1.807, 2.05) is 0 Å². The fraction of sp³-hybridized carbons (Fsp3) is 0.953. The van der Waals surface area contributed by atoms with Gasteiger partial charge >= 0.3 is 0 Å². The smallest absolute Gasteiger partial charge is 0.0166 e. The molecule has 45 heavy (non-hydrogen) atoms. The minimum atomic E-state index is 0. The van der Waals surface area contributed by atoms with Gasteiger partial charge in [0.25, 0.3) is 0 Å². The van der Waals surface area contributed by atoms with Crippen LogP contribution in [0.3, 0.4) is 0 Å². The molecule has 0 saturated heterocycles. The molecular formula is C43H88ClN. The molecule has 0 aliphatic rings. The van der Waals surface area contributed by atoms with Crippen LogP contribution >= 0.6 is 12.4 Å². The molecule has 0 aliphatic carbocycles. The molecule has 0 aromatic heterocycles. The first-order valence-electron chi connectivity index (χ1n) is 21.0. The summed E-state index contributed by atoms with van der Waals surface area (Å²) in [7, 11) is 0. The van der Waals surface area contributed by atoms with Gasteiger partial charge in [0.05, 0.1) is 0 Å². The normalized spacial score (nSPS) is 12.8. The molecule has 1 nitrogen and oxygen atoms in total. The second kappa shape index (κ2) is 40.2. The monoisotopic (exact) mass is 654 g/mol. The third-order valence-electron chi connectivity index (χ3n) is 10.4. The average Bonchev–Trinajstić information content (AvgIpc) is 3.03. The van der Waals surface area contributed by atoms with Crippen molar-refractivity contribution >= 4 is 12.4 Å². The molecule has 0 aromatic rings. The summed E-state index contributed by atoms with van der Waals surface area (Å²) >= 11 is 0. The molecule has 0 N–H and O–H groups in total. The number of halogens is 1. The van der Waals surface area contributed by atoms with Crippen LogP contribution < -0.4 is 0 Å². The average molecular weight is 655 g/mol. The van der Waals surface area contributed by atoms with Gasteiger partial charge in [0, 0.05) is 18.6 Å². The van der Waals surface area contributed by atoms with Crippen molar-refractivity contribution in [1.82, 2.24) is 4.90 Å². The predicted octanol–water partition coefficient (Wildman–Crippen LogP) is 16.0. The third-order valence-corrected chi connectivity index (χ3v) is 10.4. The lowest BCUT2D eigenvalue weighted by Crippen LogP contribution is -2.40. The summed E-state index contributed by atoms with van der Waals surface area (Å²) in [6.07, 6.45) is 51.3. The van der Waals surface area contributed by atoms with Crippen molar-refractivity contribution in [2.75, 3.05) is 6.54 Å². The summed E-state index contributed by atoms with van der Waals surface area (Å²) in [6.45, 7) is 14.7. The fourth-order valence-corrected chi connectivity index (χ4v) is 7.25. The van der Waals surface area contributed by atoms with E-state index in [4.69, 9.17) is 0 Å². The summed E-state index contributed by atoms with van der Waals surface area (Å²) < 4.78 is 0. The lowest BCUT2D eigenvalue weighted by atomic mass is 10.0. The molecule has 272 valence electrons. The highest BCUT2D eigenvalue weighted by Crippen LogP contribution is 2.20. The van der Waals surface area contributed by atoms with Gasteiger partial charge in [-0.3, -0.25) is 4.90 Å². The summed E-state index contributed by atoms with van der Waals surface area (Å²) in [6, 6.07) is 1.38. The van der Waals surface area contributed by atoms with Crippen molar-refractivity contribution in [3.63, 3.8) is 0 Å². The van der Waals surface area contributed by atoms with Gasteiger partial charge in [0.2, 0.25) is 0 Å². The van der Waals surface area contributed by atoms with Crippen molar-refractivity contribution in [3.05, 3.63) is 12.7 Å². The van der Waals surface area contributed by atoms with Crippen LogP contribution in [0.25, 0.3) is 0 Å². The first-order chi connectivity index (χ1) is 21.7. The van der Waals surface area contributed by atoms with Gasteiger partial charge in [0.1, 0.15) is 0 Å². The van der Waals surface area contributed by atoms with Crippen LogP contribution in [0.5, 0.6) is 0 Å². The van der Waals surface area contributed by atoms with E-state index in [1.165, 1.54) is 218 Å². The van der Waals surface area contributed by atoms with Crippen molar-refractivity contribution < 1.29 is 0 Å². The molecule has 0 aromatic carbocycles. The van der Waals surface area contributed by atoms with E-state index in [1.54, 1.807) is 0 Å². The van der Waals surface area contributed by atoms with Gasteiger partial charge in [0.15, 0.2) is 0 Å². The van der Waals surface area contributed by atoms with Gasteiger partial charge in [-0.25, -0.2) is 0 Å². The van der Waals surface area contributed by atoms with Crippen LogP contribution in [0.4, 0.5) is 0 Å². The van der Waals surface area contributed by atoms with E-state index >= 15 is 0 Å². The Morgan fingerprint density at radius 2 is 0.578 bits per heavy atom. The third kappa shape index (κ3) is 35.1. The molecule has 0 amide bonds. The number of unbranched alkanes of at least 4 members (excludes halogenated alkanes) is 30. The van der Waals surface area contributed by atoms with Crippen LogP contribution in [0, 0.1) is 0 Å². The van der Waals surface area contributed by atoms with E-state index < -0.39 is 0 Å². The lowest BCUT2D eigenvalue weighted by molar-refractivity contribution is 0.152. The Hall–Kier alpha value is -0.0100. The molecule has 2 unspecified atom stereocenters. The summed E-state index contributed by atoms with van der Waals surface area (Å²) in [5.74, 6) is 0. The molecule has 2 atom stereocenters. The first kappa shape index (κ1) is 47.1. The van der Waals surface area contributed by atoms with E-state index in [2.05, 4.69) is 45.2 Å². The van der Waals surface area contributed by atoms with Crippen LogP contribution in [0.2, 0.25) is 0 Å². The van der Waals surface area contributed by atoms with Gasteiger partial charge in [-0.15, -0.1) is 19.0 Å². The Kier molecular flexibility index (Phi) is 42.0.